The van der Waals surface area contributed by atoms with E-state index in [0.29, 0.717) is 24.1 Å². The Labute approximate surface area is 267 Å². The number of amides is 1. The molecule has 0 saturated carbocycles. The van der Waals surface area contributed by atoms with Crippen molar-refractivity contribution in [2.24, 2.45) is 0 Å². The first-order valence-electron chi connectivity index (χ1n) is 16.2. The molecule has 2 fully saturated rings. The number of carbonyl (C=O) groups excluding carboxylic acids is 1. The number of piperazine rings is 1. The standard InChI is InChI=1S/C35H39N7O4/c1-39-14-16-40(17-15-39)22-31(43)41-12-10-24(11-13-41)25-6-3-7-27(18-25)37-35-36-20-29-32(44)30(34(45)46)21-42(33(29)38-35)28-9-8-23-4-2-5-26(23)19-28/h3,6-9,18-21,24H,2,4-5,10-17,22H2,1H3,(H,45,46)(H,36,37,38). The maximum atomic E-state index is 13.1. The zero-order valence-electron chi connectivity index (χ0n) is 26.1. The number of anilines is 2. The number of likely N-dealkylation sites (N-methyl/N-ethyl adjacent to an activating group) is 1. The Kier molecular flexibility index (Phi) is 8.27. The Morgan fingerprint density at radius 2 is 1.76 bits per heavy atom. The topological polar surface area (TPSA) is 124 Å². The molecule has 2 aromatic carbocycles. The third-order valence-corrected chi connectivity index (χ3v) is 9.75. The number of hydrogen-bond donors (Lipinski definition) is 2. The van der Waals surface area contributed by atoms with E-state index in [9.17, 15) is 19.5 Å². The minimum atomic E-state index is -1.29. The SMILES string of the molecule is CN1CCN(CC(=O)N2CCC(c3cccc(Nc4ncc5c(=O)c(C(=O)O)cn(-c6ccc7c(c6)CCC7)c5n4)c3)CC2)CC1. The Hall–Kier alpha value is -4.61. The fourth-order valence-electron chi connectivity index (χ4n) is 6.99. The molecule has 0 unspecified atom stereocenters. The lowest BCUT2D eigenvalue weighted by Gasteiger charge is -2.36. The lowest BCUT2D eigenvalue weighted by Crippen LogP contribution is -2.50. The summed E-state index contributed by atoms with van der Waals surface area (Å²) >= 11 is 0. The number of piperidine rings is 1. The van der Waals surface area contributed by atoms with Crippen molar-refractivity contribution in [3.05, 3.63) is 87.3 Å². The van der Waals surface area contributed by atoms with Crippen molar-refractivity contribution >= 4 is 34.5 Å². The molecule has 0 spiro atoms. The van der Waals surface area contributed by atoms with E-state index < -0.39 is 11.4 Å². The molecule has 0 bridgehead atoms. The number of pyridine rings is 1. The molecule has 46 heavy (non-hydrogen) atoms. The molecule has 7 rings (SSSR count). The summed E-state index contributed by atoms with van der Waals surface area (Å²) in [6.07, 6.45) is 7.67. The van der Waals surface area contributed by atoms with Gasteiger partial charge in [0.1, 0.15) is 5.56 Å². The quantitative estimate of drug-likeness (QED) is 0.318. The van der Waals surface area contributed by atoms with Crippen molar-refractivity contribution < 1.29 is 14.7 Å². The van der Waals surface area contributed by atoms with Gasteiger partial charge in [0.2, 0.25) is 17.3 Å². The van der Waals surface area contributed by atoms with Crippen LogP contribution in [0.25, 0.3) is 16.7 Å². The van der Waals surface area contributed by atoms with Crippen molar-refractivity contribution in [1.29, 1.82) is 0 Å². The maximum Gasteiger partial charge on any atom is 0.341 e. The molecule has 2 saturated heterocycles. The van der Waals surface area contributed by atoms with Crippen LogP contribution in [0.15, 0.2) is 59.7 Å². The number of nitrogens with zero attached hydrogens (tertiary/aromatic N) is 6. The number of aryl methyl sites for hydroxylation is 2. The van der Waals surface area contributed by atoms with E-state index in [0.717, 1.165) is 82.7 Å². The number of carbonyl (C=O) groups is 2. The third-order valence-electron chi connectivity index (χ3n) is 9.75. The number of rotatable bonds is 7. The molecule has 2 N–H and O–H groups in total. The van der Waals surface area contributed by atoms with Crippen LogP contribution in [-0.2, 0) is 17.6 Å². The Morgan fingerprint density at radius 3 is 2.54 bits per heavy atom. The van der Waals surface area contributed by atoms with Crippen LogP contribution in [-0.4, -0.2) is 99.1 Å². The van der Waals surface area contributed by atoms with Gasteiger partial charge in [-0.1, -0.05) is 18.2 Å². The number of carboxylic acid groups (broad SMARTS) is 1. The Bertz CT molecular complexity index is 1860. The largest absolute Gasteiger partial charge is 0.477 e. The molecule has 0 atom stereocenters. The molecule has 1 aliphatic carbocycles. The maximum absolute atomic E-state index is 13.1. The normalized spacial score (nSPS) is 17.7. The van der Waals surface area contributed by atoms with E-state index in [1.54, 1.807) is 4.57 Å². The molecule has 11 heteroatoms. The molecule has 238 valence electrons. The zero-order valence-corrected chi connectivity index (χ0v) is 26.1. The summed E-state index contributed by atoms with van der Waals surface area (Å²) in [6.45, 7) is 5.89. The van der Waals surface area contributed by atoms with Gasteiger partial charge in [0.25, 0.3) is 0 Å². The van der Waals surface area contributed by atoms with Crippen molar-refractivity contribution in [3.8, 4) is 5.69 Å². The smallest absolute Gasteiger partial charge is 0.341 e. The summed E-state index contributed by atoms with van der Waals surface area (Å²) in [7, 11) is 2.12. The van der Waals surface area contributed by atoms with E-state index in [1.807, 2.05) is 23.1 Å². The first kappa shape index (κ1) is 30.1. The predicted octanol–water partition coefficient (Wildman–Crippen LogP) is 3.66. The lowest BCUT2D eigenvalue weighted by atomic mass is 9.89. The second kappa shape index (κ2) is 12.6. The van der Waals surface area contributed by atoms with Gasteiger partial charge in [-0.3, -0.25) is 14.5 Å². The highest BCUT2D eigenvalue weighted by Crippen LogP contribution is 2.31. The summed E-state index contributed by atoms with van der Waals surface area (Å²) < 4.78 is 1.68. The molecular weight excluding hydrogens is 582 g/mol. The number of aromatic nitrogens is 3. The van der Waals surface area contributed by atoms with E-state index in [-0.39, 0.29) is 16.9 Å². The van der Waals surface area contributed by atoms with Gasteiger partial charge in [-0.15, -0.1) is 0 Å². The van der Waals surface area contributed by atoms with E-state index in [4.69, 9.17) is 4.98 Å². The van der Waals surface area contributed by atoms with Gasteiger partial charge in [0.05, 0.1) is 11.9 Å². The number of aromatic carboxylic acids is 1. The van der Waals surface area contributed by atoms with Gasteiger partial charge in [-0.2, -0.15) is 4.98 Å². The number of likely N-dealkylation sites (tertiary alicyclic amines) is 1. The van der Waals surface area contributed by atoms with Gasteiger partial charge in [-0.05, 0) is 86.0 Å². The van der Waals surface area contributed by atoms with Gasteiger partial charge in [-0.25, -0.2) is 9.78 Å². The molecule has 4 heterocycles. The lowest BCUT2D eigenvalue weighted by molar-refractivity contribution is -0.133. The summed E-state index contributed by atoms with van der Waals surface area (Å²) in [5.74, 6) is -0.412. The highest BCUT2D eigenvalue weighted by molar-refractivity contribution is 5.92. The van der Waals surface area contributed by atoms with E-state index in [1.165, 1.54) is 29.1 Å². The molecule has 4 aromatic rings. The average molecular weight is 622 g/mol. The molecule has 11 nitrogen and oxygen atoms in total. The van der Waals surface area contributed by atoms with Crippen LogP contribution >= 0.6 is 0 Å². The second-order valence-corrected chi connectivity index (χ2v) is 12.8. The number of nitrogens with one attached hydrogen (secondary N) is 1. The number of hydrogen-bond acceptors (Lipinski definition) is 8. The first-order chi connectivity index (χ1) is 22.3. The summed E-state index contributed by atoms with van der Waals surface area (Å²) in [5, 5.41) is 13.2. The minimum absolute atomic E-state index is 0.147. The van der Waals surface area contributed by atoms with E-state index in [2.05, 4.69) is 51.4 Å². The third kappa shape index (κ3) is 6.12. The highest BCUT2D eigenvalue weighted by atomic mass is 16.4. The van der Waals surface area contributed by atoms with Crippen LogP contribution in [0.2, 0.25) is 0 Å². The van der Waals surface area contributed by atoms with Crippen LogP contribution in [0.3, 0.4) is 0 Å². The summed E-state index contributed by atoms with van der Waals surface area (Å²) in [6, 6.07) is 14.3. The minimum Gasteiger partial charge on any atom is -0.477 e. The number of fused-ring (bicyclic) bond motifs is 2. The molecule has 3 aliphatic rings. The molecule has 2 aromatic heterocycles. The molecule has 0 radical (unpaired) electrons. The Morgan fingerprint density at radius 1 is 0.978 bits per heavy atom. The van der Waals surface area contributed by atoms with Crippen molar-refractivity contribution in [2.45, 2.75) is 38.0 Å². The Balaban J connectivity index is 1.09. The fraction of sp³-hybridized carbons (Fsp3) is 0.400. The number of benzene rings is 2. The average Bonchev–Trinajstić information content (AvgIpc) is 3.54. The van der Waals surface area contributed by atoms with E-state index >= 15 is 0 Å². The van der Waals surface area contributed by atoms with Crippen molar-refractivity contribution in [2.75, 3.05) is 58.2 Å². The van der Waals surface area contributed by atoms with Crippen LogP contribution in [0.4, 0.5) is 11.6 Å². The summed E-state index contributed by atoms with van der Waals surface area (Å²) in [4.78, 5) is 53.7. The predicted molar refractivity (Wildman–Crippen MR) is 176 cm³/mol. The number of carboxylic acids is 1. The van der Waals surface area contributed by atoms with Gasteiger partial charge >= 0.3 is 5.97 Å². The van der Waals surface area contributed by atoms with Crippen LogP contribution < -0.4 is 10.7 Å². The van der Waals surface area contributed by atoms with Crippen LogP contribution in [0.1, 0.15) is 52.2 Å². The monoisotopic (exact) mass is 621 g/mol. The van der Waals surface area contributed by atoms with Crippen molar-refractivity contribution in [1.82, 2.24) is 29.2 Å². The van der Waals surface area contributed by atoms with Crippen LogP contribution in [0.5, 0.6) is 0 Å². The second-order valence-electron chi connectivity index (χ2n) is 12.8. The molecule has 1 amide bonds. The van der Waals surface area contributed by atoms with Crippen LogP contribution in [0, 0.1) is 0 Å². The highest BCUT2D eigenvalue weighted by Gasteiger charge is 2.26. The zero-order chi connectivity index (χ0) is 31.8. The molecular formula is C35H39N7O4. The van der Waals surface area contributed by atoms with Gasteiger partial charge in [0, 0.05) is 63.0 Å². The van der Waals surface area contributed by atoms with Crippen molar-refractivity contribution in [3.63, 3.8) is 0 Å². The van der Waals surface area contributed by atoms with Gasteiger partial charge in [0.15, 0.2) is 5.65 Å². The van der Waals surface area contributed by atoms with Gasteiger partial charge < -0.3 is 24.8 Å². The molecule has 2 aliphatic heterocycles. The first-order valence-corrected chi connectivity index (χ1v) is 16.2. The fourth-order valence-corrected chi connectivity index (χ4v) is 6.99. The summed E-state index contributed by atoms with van der Waals surface area (Å²) in [5.41, 5.74) is 4.71.